The van der Waals surface area contributed by atoms with E-state index in [4.69, 9.17) is 4.74 Å². The van der Waals surface area contributed by atoms with Crippen LogP contribution in [0.4, 0.5) is 0 Å². The van der Waals surface area contributed by atoms with Crippen molar-refractivity contribution < 1.29 is 9.53 Å². The summed E-state index contributed by atoms with van der Waals surface area (Å²) in [6.07, 6.45) is 11.4. The highest BCUT2D eigenvalue weighted by atomic mass is 16.5. The molecule has 0 atom stereocenters. The standard InChI is InChI=1S/C15H28O2/c1-4-5-10-13-17-15(16)12-9-7-6-8-11-14(2)3/h8,11,14H,4-7,9-10,12-13H2,1-3H3/b11-8+. The van der Waals surface area contributed by atoms with Gasteiger partial charge in [0, 0.05) is 6.42 Å². The molecule has 0 bridgehead atoms. The van der Waals surface area contributed by atoms with Crippen molar-refractivity contribution in [3.05, 3.63) is 12.2 Å². The van der Waals surface area contributed by atoms with Crippen LogP contribution in [0.25, 0.3) is 0 Å². The van der Waals surface area contributed by atoms with Crippen LogP contribution in [-0.2, 0) is 9.53 Å². The Morgan fingerprint density at radius 1 is 1.18 bits per heavy atom. The molecule has 17 heavy (non-hydrogen) atoms. The number of allylic oxidation sites excluding steroid dienone is 2. The summed E-state index contributed by atoms with van der Waals surface area (Å²) >= 11 is 0. The Hall–Kier alpha value is -0.790. The van der Waals surface area contributed by atoms with Gasteiger partial charge >= 0.3 is 5.97 Å². The van der Waals surface area contributed by atoms with Gasteiger partial charge < -0.3 is 4.74 Å². The molecule has 0 unspecified atom stereocenters. The van der Waals surface area contributed by atoms with Crippen molar-refractivity contribution in [2.45, 2.75) is 65.7 Å². The van der Waals surface area contributed by atoms with E-state index in [-0.39, 0.29) is 5.97 Å². The lowest BCUT2D eigenvalue weighted by Crippen LogP contribution is -2.05. The van der Waals surface area contributed by atoms with E-state index in [1.165, 1.54) is 6.42 Å². The summed E-state index contributed by atoms with van der Waals surface area (Å²) in [5, 5.41) is 0. The van der Waals surface area contributed by atoms with E-state index in [9.17, 15) is 4.79 Å². The Morgan fingerprint density at radius 3 is 2.59 bits per heavy atom. The van der Waals surface area contributed by atoms with Crippen molar-refractivity contribution >= 4 is 5.97 Å². The highest BCUT2D eigenvalue weighted by Gasteiger charge is 2.01. The highest BCUT2D eigenvalue weighted by molar-refractivity contribution is 5.69. The Morgan fingerprint density at radius 2 is 1.94 bits per heavy atom. The molecule has 0 saturated carbocycles. The van der Waals surface area contributed by atoms with Crippen LogP contribution < -0.4 is 0 Å². The van der Waals surface area contributed by atoms with Gasteiger partial charge in [0.25, 0.3) is 0 Å². The Kier molecular flexibility index (Phi) is 11.1. The van der Waals surface area contributed by atoms with Crippen LogP contribution >= 0.6 is 0 Å². The molecule has 0 aromatic rings. The van der Waals surface area contributed by atoms with Gasteiger partial charge in [0.05, 0.1) is 6.61 Å². The lowest BCUT2D eigenvalue weighted by molar-refractivity contribution is -0.143. The lowest BCUT2D eigenvalue weighted by atomic mass is 10.1. The molecule has 0 radical (unpaired) electrons. The number of carbonyl (C=O) groups excluding carboxylic acids is 1. The number of unbranched alkanes of at least 4 members (excludes halogenated alkanes) is 4. The molecule has 0 aliphatic heterocycles. The fraction of sp³-hybridized carbons (Fsp3) is 0.800. The average molecular weight is 240 g/mol. The molecule has 0 aromatic heterocycles. The third-order valence-corrected chi connectivity index (χ3v) is 2.53. The summed E-state index contributed by atoms with van der Waals surface area (Å²) in [6, 6.07) is 0. The summed E-state index contributed by atoms with van der Waals surface area (Å²) in [5.41, 5.74) is 0. The van der Waals surface area contributed by atoms with E-state index < -0.39 is 0 Å². The molecule has 0 rings (SSSR count). The quantitative estimate of drug-likeness (QED) is 0.319. The largest absolute Gasteiger partial charge is 0.466 e. The van der Waals surface area contributed by atoms with Gasteiger partial charge in [0.1, 0.15) is 0 Å². The number of carbonyl (C=O) groups is 1. The Balaban J connectivity index is 3.27. The van der Waals surface area contributed by atoms with Crippen LogP contribution in [0.5, 0.6) is 0 Å². The topological polar surface area (TPSA) is 26.3 Å². The van der Waals surface area contributed by atoms with Gasteiger partial charge in [0.15, 0.2) is 0 Å². The number of esters is 1. The summed E-state index contributed by atoms with van der Waals surface area (Å²) in [5.74, 6) is 0.590. The second-order valence-corrected chi connectivity index (χ2v) is 4.85. The first-order valence-electron chi connectivity index (χ1n) is 6.99. The summed E-state index contributed by atoms with van der Waals surface area (Å²) in [6.45, 7) is 7.08. The minimum Gasteiger partial charge on any atom is -0.466 e. The van der Waals surface area contributed by atoms with Gasteiger partial charge in [-0.25, -0.2) is 0 Å². The fourth-order valence-corrected chi connectivity index (χ4v) is 1.51. The lowest BCUT2D eigenvalue weighted by Gasteiger charge is -2.03. The first kappa shape index (κ1) is 16.2. The van der Waals surface area contributed by atoms with Gasteiger partial charge in [-0.2, -0.15) is 0 Å². The summed E-state index contributed by atoms with van der Waals surface area (Å²) in [4.78, 5) is 11.3. The molecule has 0 fully saturated rings. The van der Waals surface area contributed by atoms with E-state index in [0.717, 1.165) is 32.1 Å². The highest BCUT2D eigenvalue weighted by Crippen LogP contribution is 2.04. The molecule has 2 heteroatoms. The number of ether oxygens (including phenoxy) is 1. The van der Waals surface area contributed by atoms with Crippen LogP contribution in [0, 0.1) is 5.92 Å². The molecular weight excluding hydrogens is 212 g/mol. The minimum atomic E-state index is -0.0334. The zero-order chi connectivity index (χ0) is 12.9. The smallest absolute Gasteiger partial charge is 0.305 e. The molecule has 0 aliphatic carbocycles. The monoisotopic (exact) mass is 240 g/mol. The zero-order valence-corrected chi connectivity index (χ0v) is 11.7. The molecule has 0 N–H and O–H groups in total. The number of hydrogen-bond acceptors (Lipinski definition) is 2. The van der Waals surface area contributed by atoms with Crippen LogP contribution in [-0.4, -0.2) is 12.6 Å². The van der Waals surface area contributed by atoms with Crippen molar-refractivity contribution in [3.63, 3.8) is 0 Å². The van der Waals surface area contributed by atoms with Crippen LogP contribution in [0.2, 0.25) is 0 Å². The van der Waals surface area contributed by atoms with E-state index in [2.05, 4.69) is 32.9 Å². The third kappa shape index (κ3) is 13.1. The fourth-order valence-electron chi connectivity index (χ4n) is 1.51. The summed E-state index contributed by atoms with van der Waals surface area (Å²) in [7, 11) is 0. The molecule has 0 spiro atoms. The predicted molar refractivity (Wildman–Crippen MR) is 72.9 cm³/mol. The molecular formula is C15H28O2. The normalized spacial score (nSPS) is 11.3. The van der Waals surface area contributed by atoms with E-state index in [1.807, 2.05) is 0 Å². The van der Waals surface area contributed by atoms with Gasteiger partial charge in [-0.3, -0.25) is 4.79 Å². The Labute approximate surface area is 106 Å². The van der Waals surface area contributed by atoms with Gasteiger partial charge in [0.2, 0.25) is 0 Å². The minimum absolute atomic E-state index is 0.0334. The number of rotatable bonds is 10. The van der Waals surface area contributed by atoms with Gasteiger partial charge in [-0.05, 0) is 31.6 Å². The molecule has 0 aromatic carbocycles. The third-order valence-electron chi connectivity index (χ3n) is 2.53. The summed E-state index contributed by atoms with van der Waals surface area (Å²) < 4.78 is 5.13. The molecule has 0 amide bonds. The SMILES string of the molecule is CCCCCOC(=O)CCCC/C=C/C(C)C. The van der Waals surface area contributed by atoms with Crippen LogP contribution in [0.3, 0.4) is 0 Å². The van der Waals surface area contributed by atoms with Gasteiger partial charge in [-0.15, -0.1) is 0 Å². The number of hydrogen-bond donors (Lipinski definition) is 0. The molecule has 0 heterocycles. The van der Waals surface area contributed by atoms with Crippen LogP contribution in [0.1, 0.15) is 65.7 Å². The van der Waals surface area contributed by atoms with Crippen molar-refractivity contribution in [3.8, 4) is 0 Å². The second kappa shape index (κ2) is 11.7. The molecule has 0 saturated heterocycles. The van der Waals surface area contributed by atoms with E-state index in [1.54, 1.807) is 0 Å². The van der Waals surface area contributed by atoms with Crippen LogP contribution in [0.15, 0.2) is 12.2 Å². The van der Waals surface area contributed by atoms with E-state index in [0.29, 0.717) is 18.9 Å². The second-order valence-electron chi connectivity index (χ2n) is 4.85. The van der Waals surface area contributed by atoms with E-state index >= 15 is 0 Å². The average Bonchev–Trinajstić information content (AvgIpc) is 2.29. The molecule has 0 aliphatic rings. The molecule has 2 nitrogen and oxygen atoms in total. The maximum Gasteiger partial charge on any atom is 0.305 e. The van der Waals surface area contributed by atoms with Crippen molar-refractivity contribution in [1.29, 1.82) is 0 Å². The first-order valence-corrected chi connectivity index (χ1v) is 6.99. The van der Waals surface area contributed by atoms with Gasteiger partial charge in [-0.1, -0.05) is 45.8 Å². The van der Waals surface area contributed by atoms with Crippen molar-refractivity contribution in [1.82, 2.24) is 0 Å². The maximum absolute atomic E-state index is 11.3. The first-order chi connectivity index (χ1) is 8.16. The maximum atomic E-state index is 11.3. The van der Waals surface area contributed by atoms with Crippen molar-refractivity contribution in [2.24, 2.45) is 5.92 Å². The zero-order valence-electron chi connectivity index (χ0n) is 11.7. The predicted octanol–water partition coefficient (Wildman–Crippen LogP) is 4.49. The molecule has 100 valence electrons. The Bertz CT molecular complexity index is 207. The van der Waals surface area contributed by atoms with Crippen molar-refractivity contribution in [2.75, 3.05) is 6.61 Å².